The molecule has 0 heterocycles. The predicted octanol–water partition coefficient (Wildman–Crippen LogP) is 6.19. The molecule has 3 aromatic rings. The van der Waals surface area contributed by atoms with Gasteiger partial charge in [-0.1, -0.05) is 23.3 Å². The van der Waals surface area contributed by atoms with Gasteiger partial charge in [-0.05, 0) is 60.3 Å². The van der Waals surface area contributed by atoms with Gasteiger partial charge in [-0.25, -0.2) is 5.26 Å². The van der Waals surface area contributed by atoms with E-state index in [4.69, 9.17) is 5.26 Å². The number of hydrogen-bond donors (Lipinski definition) is 2. The van der Waals surface area contributed by atoms with E-state index in [1.807, 2.05) is 0 Å². The van der Waals surface area contributed by atoms with Crippen LogP contribution in [0.2, 0.25) is 0 Å². The second kappa shape index (κ2) is 11.6. The Morgan fingerprint density at radius 1 is 0.943 bits per heavy atom. The van der Waals surface area contributed by atoms with Gasteiger partial charge >= 0.3 is 0 Å². The molecule has 0 unspecified atom stereocenters. The summed E-state index contributed by atoms with van der Waals surface area (Å²) in [6, 6.07) is 14.5. The molecule has 0 saturated heterocycles. The standard InChI is InChI=1S/C21H16N4O8S2/c1-22-16-7-9-17(10-8-16)23-24-18-6-4-15(21(12-18)35(29,30)31)3-2-14-5-11-19(25(26)27)13-20(14)34-33-32-28/h2-13,28H,1H2,(H,29,30,31). The lowest BCUT2D eigenvalue weighted by Crippen LogP contribution is -2.00. The fourth-order valence-electron chi connectivity index (χ4n) is 2.76. The molecule has 14 heteroatoms. The molecule has 0 bridgehead atoms. The number of azo groups is 1. The fraction of sp³-hybridized carbons (Fsp3) is 0. The summed E-state index contributed by atoms with van der Waals surface area (Å²) < 4.78 is 38.0. The molecule has 2 N–H and O–H groups in total. The van der Waals surface area contributed by atoms with E-state index < -0.39 is 19.9 Å². The molecule has 35 heavy (non-hydrogen) atoms. The first-order valence-electron chi connectivity index (χ1n) is 9.42. The van der Waals surface area contributed by atoms with Gasteiger partial charge in [0.2, 0.25) is 0 Å². The summed E-state index contributed by atoms with van der Waals surface area (Å²) in [5.74, 6) is 0. The molecule has 0 aliphatic heterocycles. The minimum absolute atomic E-state index is 0.112. The van der Waals surface area contributed by atoms with Crippen molar-refractivity contribution in [2.45, 2.75) is 9.79 Å². The molecule has 180 valence electrons. The first-order chi connectivity index (χ1) is 16.7. The maximum absolute atomic E-state index is 12.0. The Labute approximate surface area is 203 Å². The molecule has 0 aliphatic rings. The lowest BCUT2D eigenvalue weighted by molar-refractivity contribution is -0.432. The molecule has 0 spiro atoms. The van der Waals surface area contributed by atoms with E-state index in [9.17, 15) is 23.1 Å². The van der Waals surface area contributed by atoms with Crippen molar-refractivity contribution in [3.8, 4) is 0 Å². The third kappa shape index (κ3) is 7.10. The smallest absolute Gasteiger partial charge is 0.282 e. The van der Waals surface area contributed by atoms with Crippen LogP contribution in [0.25, 0.3) is 12.2 Å². The average molecular weight is 517 g/mol. The molecule has 0 atom stereocenters. The first kappa shape index (κ1) is 25.8. The van der Waals surface area contributed by atoms with Crippen LogP contribution < -0.4 is 0 Å². The SMILES string of the molecule is C=Nc1ccc(N=Nc2ccc(C=Cc3ccc([N+](=O)[O-])cc3SOOO)c(S(=O)(=O)O)c2)cc1. The van der Waals surface area contributed by atoms with E-state index in [2.05, 4.69) is 31.3 Å². The Hall–Kier alpha value is -3.79. The number of nitro benzene ring substituents is 1. The number of rotatable bonds is 10. The van der Waals surface area contributed by atoms with E-state index in [1.165, 1.54) is 42.5 Å². The fourth-order valence-corrected chi connectivity index (χ4v) is 3.97. The third-order valence-corrected chi connectivity index (χ3v) is 5.96. The average Bonchev–Trinajstić information content (AvgIpc) is 2.85. The van der Waals surface area contributed by atoms with Crippen LogP contribution in [0.4, 0.5) is 22.7 Å². The highest BCUT2D eigenvalue weighted by atomic mass is 32.2. The molecule has 0 amide bonds. The Morgan fingerprint density at radius 3 is 2.17 bits per heavy atom. The zero-order valence-electron chi connectivity index (χ0n) is 17.6. The van der Waals surface area contributed by atoms with Crippen molar-refractivity contribution in [2.75, 3.05) is 0 Å². The zero-order valence-corrected chi connectivity index (χ0v) is 19.2. The van der Waals surface area contributed by atoms with E-state index >= 15 is 0 Å². The summed E-state index contributed by atoms with van der Waals surface area (Å²) in [6.07, 6.45) is 2.81. The Bertz CT molecular complexity index is 1410. The van der Waals surface area contributed by atoms with Crippen LogP contribution in [0.5, 0.6) is 0 Å². The number of benzene rings is 3. The third-order valence-electron chi connectivity index (χ3n) is 4.39. The molecule has 0 saturated carbocycles. The highest BCUT2D eigenvalue weighted by Gasteiger charge is 2.16. The molecule has 12 nitrogen and oxygen atoms in total. The van der Waals surface area contributed by atoms with Crippen LogP contribution in [-0.2, 0) is 19.5 Å². The Balaban J connectivity index is 1.94. The summed E-state index contributed by atoms with van der Waals surface area (Å²) in [5, 5.41) is 31.0. The van der Waals surface area contributed by atoms with Gasteiger partial charge in [0, 0.05) is 12.1 Å². The van der Waals surface area contributed by atoms with Crippen molar-refractivity contribution in [2.24, 2.45) is 15.2 Å². The van der Waals surface area contributed by atoms with Gasteiger partial charge in [-0.3, -0.25) is 19.7 Å². The summed E-state index contributed by atoms with van der Waals surface area (Å²) in [6.45, 7) is 3.42. The maximum Gasteiger partial charge on any atom is 0.295 e. The lowest BCUT2D eigenvalue weighted by Gasteiger charge is -2.06. The number of non-ortho nitro benzene ring substituents is 1. The van der Waals surface area contributed by atoms with Gasteiger partial charge in [0.15, 0.2) is 0 Å². The Morgan fingerprint density at radius 2 is 1.54 bits per heavy atom. The first-order valence-corrected chi connectivity index (χ1v) is 11.6. The Kier molecular flexibility index (Phi) is 8.53. The van der Waals surface area contributed by atoms with Gasteiger partial charge in [-0.2, -0.15) is 18.6 Å². The normalized spacial score (nSPS) is 11.8. The topological polar surface area (TPSA) is 173 Å². The molecule has 3 rings (SSSR count). The van der Waals surface area contributed by atoms with Crippen molar-refractivity contribution in [3.63, 3.8) is 0 Å². The molecule has 0 aliphatic carbocycles. The molecular weight excluding hydrogens is 500 g/mol. The van der Waals surface area contributed by atoms with E-state index in [0.29, 0.717) is 29.0 Å². The highest BCUT2D eigenvalue weighted by Crippen LogP contribution is 2.31. The summed E-state index contributed by atoms with van der Waals surface area (Å²) in [5.41, 5.74) is 1.56. The summed E-state index contributed by atoms with van der Waals surface area (Å²) in [4.78, 5) is 13.9. The van der Waals surface area contributed by atoms with E-state index in [-0.39, 0.29) is 21.8 Å². The van der Waals surface area contributed by atoms with Gasteiger partial charge in [0.1, 0.15) is 4.90 Å². The van der Waals surface area contributed by atoms with Crippen molar-refractivity contribution in [1.82, 2.24) is 0 Å². The number of hydrogen-bond acceptors (Lipinski definition) is 11. The van der Waals surface area contributed by atoms with Crippen molar-refractivity contribution in [3.05, 3.63) is 81.9 Å². The van der Waals surface area contributed by atoms with Crippen molar-refractivity contribution >= 4 is 63.8 Å². The van der Waals surface area contributed by atoms with Gasteiger partial charge in [-0.15, -0.1) is 4.33 Å². The number of nitrogens with zero attached hydrogens (tertiary/aromatic N) is 4. The van der Waals surface area contributed by atoms with Crippen LogP contribution in [0.1, 0.15) is 11.1 Å². The molecular formula is C21H16N4O8S2. The number of nitro groups is 1. The quantitative estimate of drug-likeness (QED) is 0.0465. The zero-order chi connectivity index (χ0) is 25.4. The lowest BCUT2D eigenvalue weighted by atomic mass is 10.1. The molecule has 3 aromatic carbocycles. The minimum atomic E-state index is -4.64. The largest absolute Gasteiger partial charge is 0.295 e. The van der Waals surface area contributed by atoms with Gasteiger partial charge in [0.25, 0.3) is 15.8 Å². The minimum Gasteiger partial charge on any atom is -0.282 e. The maximum atomic E-state index is 12.0. The summed E-state index contributed by atoms with van der Waals surface area (Å²) in [7, 11) is -4.64. The second-order valence-corrected chi connectivity index (χ2v) is 8.74. The highest BCUT2D eigenvalue weighted by molar-refractivity contribution is 7.94. The molecule has 0 aromatic heterocycles. The van der Waals surface area contributed by atoms with Crippen LogP contribution in [0.3, 0.4) is 0 Å². The van der Waals surface area contributed by atoms with Crippen molar-refractivity contribution < 1.29 is 32.5 Å². The summed E-state index contributed by atoms with van der Waals surface area (Å²) >= 11 is 0.500. The van der Waals surface area contributed by atoms with Gasteiger partial charge in [0.05, 0.1) is 38.9 Å². The molecule has 0 fully saturated rings. The second-order valence-electron chi connectivity index (χ2n) is 6.61. The monoisotopic (exact) mass is 516 g/mol. The van der Waals surface area contributed by atoms with Crippen LogP contribution in [0, 0.1) is 10.1 Å². The van der Waals surface area contributed by atoms with Crippen LogP contribution in [0.15, 0.2) is 85.7 Å². The predicted molar refractivity (Wildman–Crippen MR) is 129 cm³/mol. The van der Waals surface area contributed by atoms with Gasteiger partial charge < -0.3 is 0 Å². The van der Waals surface area contributed by atoms with Crippen LogP contribution >= 0.6 is 12.0 Å². The van der Waals surface area contributed by atoms with E-state index in [1.54, 1.807) is 24.3 Å². The molecule has 0 radical (unpaired) electrons. The van der Waals surface area contributed by atoms with Crippen molar-refractivity contribution in [1.29, 1.82) is 0 Å². The van der Waals surface area contributed by atoms with Crippen LogP contribution in [-0.4, -0.2) is 29.9 Å². The number of aliphatic imine (C=N–C) groups is 1. The van der Waals surface area contributed by atoms with E-state index in [0.717, 1.165) is 6.07 Å².